The van der Waals surface area contributed by atoms with Crippen LogP contribution >= 0.6 is 11.6 Å². The van der Waals surface area contributed by atoms with Gasteiger partial charge in [-0.1, -0.05) is 30.7 Å². The third-order valence-electron chi connectivity index (χ3n) is 3.48. The number of anilines is 1. The summed E-state index contributed by atoms with van der Waals surface area (Å²) in [5.74, 6) is -1.40. The van der Waals surface area contributed by atoms with Crippen LogP contribution in [-0.2, 0) is 26.9 Å². The van der Waals surface area contributed by atoms with Crippen LogP contribution in [0.5, 0.6) is 5.75 Å². The van der Waals surface area contributed by atoms with E-state index >= 15 is 0 Å². The van der Waals surface area contributed by atoms with E-state index in [0.717, 1.165) is 12.0 Å². The Morgan fingerprint density at radius 2 is 1.86 bits per heavy atom. The maximum atomic E-state index is 12.5. The smallest absolute Gasteiger partial charge is 0.417 e. The number of aryl methyl sites for hydroxylation is 1. The van der Waals surface area contributed by atoms with Crippen LogP contribution in [0.4, 0.5) is 19.0 Å². The van der Waals surface area contributed by atoms with Gasteiger partial charge in [0.25, 0.3) is 5.91 Å². The van der Waals surface area contributed by atoms with E-state index in [-0.39, 0.29) is 5.82 Å². The first-order valence-corrected chi connectivity index (χ1v) is 8.46. The number of hydrogen-bond acceptors (Lipinski definition) is 5. The molecule has 0 saturated heterocycles. The number of nitrogens with one attached hydrogen (secondary N) is 1. The molecule has 28 heavy (non-hydrogen) atoms. The molecular formula is C18H16ClF3N2O4. The van der Waals surface area contributed by atoms with Crippen molar-refractivity contribution in [3.63, 3.8) is 0 Å². The standard InChI is InChI=1S/C18H16ClF3N2O4/c1-2-11-3-5-13(6-4-11)27-10-16(26)28-9-15(25)24-17-14(19)7-12(8-23-17)18(20,21)22/h3-8H,2,9-10H2,1H3,(H,23,24,25). The second kappa shape index (κ2) is 9.41. The Hall–Kier alpha value is -2.81. The Balaban J connectivity index is 1.79. The summed E-state index contributed by atoms with van der Waals surface area (Å²) in [4.78, 5) is 26.8. The van der Waals surface area contributed by atoms with Gasteiger partial charge in [0.1, 0.15) is 5.75 Å². The number of halogens is 4. The Kier molecular flexibility index (Phi) is 7.22. The fourth-order valence-corrected chi connectivity index (χ4v) is 2.22. The van der Waals surface area contributed by atoms with Crippen molar-refractivity contribution < 1.29 is 32.2 Å². The molecule has 10 heteroatoms. The highest BCUT2D eigenvalue weighted by atomic mass is 35.5. The average molecular weight is 417 g/mol. The molecule has 0 atom stereocenters. The lowest BCUT2D eigenvalue weighted by Gasteiger charge is -2.10. The van der Waals surface area contributed by atoms with Crippen molar-refractivity contribution in [2.45, 2.75) is 19.5 Å². The molecule has 2 aromatic rings. The number of nitrogens with zero attached hydrogens (tertiary/aromatic N) is 1. The lowest BCUT2D eigenvalue weighted by atomic mass is 10.2. The number of aromatic nitrogens is 1. The molecule has 0 spiro atoms. The van der Waals surface area contributed by atoms with Gasteiger partial charge in [0.05, 0.1) is 10.6 Å². The van der Waals surface area contributed by atoms with Crippen molar-refractivity contribution in [3.05, 3.63) is 52.7 Å². The molecule has 1 aromatic carbocycles. The SMILES string of the molecule is CCc1ccc(OCC(=O)OCC(=O)Nc2ncc(C(F)(F)F)cc2Cl)cc1. The zero-order valence-corrected chi connectivity index (χ0v) is 15.4. The second-order valence-electron chi connectivity index (χ2n) is 5.55. The highest BCUT2D eigenvalue weighted by Gasteiger charge is 2.31. The third-order valence-corrected chi connectivity index (χ3v) is 3.77. The maximum Gasteiger partial charge on any atom is 0.417 e. The minimum Gasteiger partial charge on any atom is -0.482 e. The number of ether oxygens (including phenoxy) is 2. The summed E-state index contributed by atoms with van der Waals surface area (Å²) in [5.41, 5.74) is 0.0631. The molecule has 0 radical (unpaired) electrons. The molecule has 0 fully saturated rings. The number of benzene rings is 1. The van der Waals surface area contributed by atoms with Crippen molar-refractivity contribution in [1.82, 2.24) is 4.98 Å². The van der Waals surface area contributed by atoms with Crippen LogP contribution in [0.2, 0.25) is 5.02 Å². The Bertz CT molecular complexity index is 842. The number of carbonyl (C=O) groups excluding carboxylic acids is 2. The summed E-state index contributed by atoms with van der Waals surface area (Å²) < 4.78 is 47.6. The van der Waals surface area contributed by atoms with Crippen LogP contribution in [0.15, 0.2) is 36.5 Å². The molecule has 0 saturated carbocycles. The lowest BCUT2D eigenvalue weighted by molar-refractivity contribution is -0.149. The van der Waals surface area contributed by atoms with Gasteiger partial charge in [-0.05, 0) is 30.2 Å². The maximum absolute atomic E-state index is 12.5. The van der Waals surface area contributed by atoms with Crippen LogP contribution in [0.1, 0.15) is 18.1 Å². The Morgan fingerprint density at radius 1 is 1.18 bits per heavy atom. The third kappa shape index (κ3) is 6.41. The van der Waals surface area contributed by atoms with E-state index < -0.39 is 41.9 Å². The van der Waals surface area contributed by atoms with Crippen molar-refractivity contribution in [1.29, 1.82) is 0 Å². The monoisotopic (exact) mass is 416 g/mol. The second-order valence-corrected chi connectivity index (χ2v) is 5.95. The highest BCUT2D eigenvalue weighted by molar-refractivity contribution is 6.33. The van der Waals surface area contributed by atoms with Crippen LogP contribution in [0.25, 0.3) is 0 Å². The first-order valence-electron chi connectivity index (χ1n) is 8.09. The summed E-state index contributed by atoms with van der Waals surface area (Å²) in [6, 6.07) is 7.76. The van der Waals surface area contributed by atoms with Gasteiger partial charge in [-0.2, -0.15) is 13.2 Å². The molecule has 1 amide bonds. The Labute approximate surface area is 163 Å². The fraction of sp³-hybridized carbons (Fsp3) is 0.278. The summed E-state index contributed by atoms with van der Waals surface area (Å²) in [6.45, 7) is 0.930. The predicted octanol–water partition coefficient (Wildman–Crippen LogP) is 3.88. The summed E-state index contributed by atoms with van der Waals surface area (Å²) in [6.07, 6.45) is -3.20. The molecule has 1 aromatic heterocycles. The van der Waals surface area contributed by atoms with E-state index in [0.29, 0.717) is 18.0 Å². The average Bonchev–Trinajstić information content (AvgIpc) is 2.66. The van der Waals surface area contributed by atoms with E-state index in [2.05, 4.69) is 10.3 Å². The van der Waals surface area contributed by atoms with Gasteiger partial charge in [-0.15, -0.1) is 0 Å². The topological polar surface area (TPSA) is 77.5 Å². The molecule has 1 heterocycles. The summed E-state index contributed by atoms with van der Waals surface area (Å²) >= 11 is 5.68. The van der Waals surface area contributed by atoms with Crippen molar-refractivity contribution in [2.24, 2.45) is 0 Å². The normalized spacial score (nSPS) is 11.0. The summed E-state index contributed by atoms with van der Waals surface area (Å²) in [5, 5.41) is 1.77. The molecule has 150 valence electrons. The number of alkyl halides is 3. The quantitative estimate of drug-likeness (QED) is 0.693. The Morgan fingerprint density at radius 3 is 2.43 bits per heavy atom. The van der Waals surface area contributed by atoms with Gasteiger partial charge in [-0.3, -0.25) is 4.79 Å². The zero-order valence-electron chi connectivity index (χ0n) is 14.7. The molecule has 1 N–H and O–H groups in total. The van der Waals surface area contributed by atoms with Gasteiger partial charge in [0, 0.05) is 6.20 Å². The van der Waals surface area contributed by atoms with Gasteiger partial charge >= 0.3 is 12.1 Å². The van der Waals surface area contributed by atoms with Crippen LogP contribution in [0.3, 0.4) is 0 Å². The van der Waals surface area contributed by atoms with Crippen molar-refractivity contribution >= 4 is 29.3 Å². The number of esters is 1. The lowest BCUT2D eigenvalue weighted by Crippen LogP contribution is -2.24. The molecule has 0 aliphatic carbocycles. The largest absolute Gasteiger partial charge is 0.482 e. The molecule has 0 aliphatic rings. The van der Waals surface area contributed by atoms with Gasteiger partial charge in [0.2, 0.25) is 0 Å². The first-order chi connectivity index (χ1) is 13.2. The first kappa shape index (κ1) is 21.5. The predicted molar refractivity (Wildman–Crippen MR) is 95.2 cm³/mol. The molecule has 6 nitrogen and oxygen atoms in total. The van der Waals surface area contributed by atoms with E-state index in [1.807, 2.05) is 19.1 Å². The number of amides is 1. The number of hydrogen-bond donors (Lipinski definition) is 1. The van der Waals surface area contributed by atoms with E-state index in [1.165, 1.54) is 0 Å². The number of rotatable bonds is 7. The molecule has 0 aliphatic heterocycles. The van der Waals surface area contributed by atoms with E-state index in [1.54, 1.807) is 12.1 Å². The molecular weight excluding hydrogens is 401 g/mol. The highest BCUT2D eigenvalue weighted by Crippen LogP contribution is 2.32. The minimum absolute atomic E-state index is 0.275. The molecule has 0 bridgehead atoms. The zero-order chi connectivity index (χ0) is 20.7. The van der Waals surface area contributed by atoms with Gasteiger partial charge in [0.15, 0.2) is 19.0 Å². The minimum atomic E-state index is -4.61. The fourth-order valence-electron chi connectivity index (χ4n) is 2.00. The van der Waals surface area contributed by atoms with Crippen molar-refractivity contribution in [3.8, 4) is 5.75 Å². The molecule has 2 rings (SSSR count). The molecule has 0 unspecified atom stereocenters. The van der Waals surface area contributed by atoms with Crippen LogP contribution in [0, 0.1) is 0 Å². The van der Waals surface area contributed by atoms with Gasteiger partial charge < -0.3 is 14.8 Å². The van der Waals surface area contributed by atoms with Gasteiger partial charge in [-0.25, -0.2) is 9.78 Å². The summed E-state index contributed by atoms with van der Waals surface area (Å²) in [7, 11) is 0. The van der Waals surface area contributed by atoms with E-state index in [9.17, 15) is 22.8 Å². The number of carbonyl (C=O) groups is 2. The van der Waals surface area contributed by atoms with Crippen LogP contribution < -0.4 is 10.1 Å². The van der Waals surface area contributed by atoms with Crippen LogP contribution in [-0.4, -0.2) is 30.1 Å². The van der Waals surface area contributed by atoms with E-state index in [4.69, 9.17) is 21.1 Å². The number of pyridine rings is 1. The van der Waals surface area contributed by atoms with Crippen molar-refractivity contribution in [2.75, 3.05) is 18.5 Å².